The van der Waals surface area contributed by atoms with Crippen LogP contribution in [0.25, 0.3) is 0 Å². The van der Waals surface area contributed by atoms with Crippen molar-refractivity contribution in [2.24, 2.45) is 0 Å². The smallest absolute Gasteiger partial charge is 0.157 e. The van der Waals surface area contributed by atoms with Gasteiger partial charge in [-0.1, -0.05) is 143 Å². The third-order valence-corrected chi connectivity index (χ3v) is 9.48. The molecular weight excluding hydrogens is 495 g/mol. The van der Waals surface area contributed by atoms with Crippen molar-refractivity contribution in [3.05, 3.63) is 108 Å². The van der Waals surface area contributed by atoms with Crippen molar-refractivity contribution in [2.45, 2.75) is 95.9 Å². The third kappa shape index (κ3) is 10.5. The third-order valence-electron chi connectivity index (χ3n) is 7.48. The van der Waals surface area contributed by atoms with Crippen LogP contribution >= 0.6 is 8.58 Å². The predicted octanol–water partition coefficient (Wildman–Crippen LogP) is 10.3. The molecule has 1 atom stereocenters. The predicted molar refractivity (Wildman–Crippen MR) is 170 cm³/mol. The molecule has 0 N–H and O–H groups in total. The lowest BCUT2D eigenvalue weighted by Crippen LogP contribution is -2.24. The summed E-state index contributed by atoms with van der Waals surface area (Å²) in [5.41, 5.74) is 4.20. The van der Waals surface area contributed by atoms with Crippen LogP contribution in [0.5, 0.6) is 0 Å². The SMILES string of the molecule is CCCCOC(CCCCCCCCPC(c1ccccc1)(c1ccccc1)c1ccccc1)OCCCC. The molecule has 0 radical (unpaired) electrons. The fourth-order valence-electron chi connectivity index (χ4n) is 5.22. The molecule has 1 unspecified atom stereocenters. The molecule has 0 aromatic heterocycles. The minimum atomic E-state index is -0.0889. The summed E-state index contributed by atoms with van der Waals surface area (Å²) < 4.78 is 12.0. The Bertz CT molecular complexity index is 870. The Morgan fingerprint density at radius 2 is 0.949 bits per heavy atom. The van der Waals surface area contributed by atoms with Gasteiger partial charge in [-0.3, -0.25) is 0 Å². The van der Waals surface area contributed by atoms with Crippen molar-refractivity contribution in [3.8, 4) is 0 Å². The van der Waals surface area contributed by atoms with Gasteiger partial charge in [0.15, 0.2) is 6.29 Å². The van der Waals surface area contributed by atoms with Crippen molar-refractivity contribution in [3.63, 3.8) is 0 Å². The van der Waals surface area contributed by atoms with Crippen molar-refractivity contribution < 1.29 is 9.47 Å². The van der Waals surface area contributed by atoms with E-state index < -0.39 is 0 Å². The summed E-state index contributed by atoms with van der Waals surface area (Å²) in [6, 6.07) is 33.4. The first-order chi connectivity index (χ1) is 19.3. The standard InChI is InChI=1S/C36H51O2P/c1-3-5-29-37-35(38-30-6-4-2)28-20-9-7-8-10-21-31-39-36(32-22-14-11-15-23-32,33-24-16-12-17-25-33)34-26-18-13-19-27-34/h11-19,22-27,35,39H,3-10,20-21,28-31H2,1-2H3. The van der Waals surface area contributed by atoms with Crippen molar-refractivity contribution in [2.75, 3.05) is 19.4 Å². The van der Waals surface area contributed by atoms with E-state index in [1.807, 2.05) is 0 Å². The zero-order valence-electron chi connectivity index (χ0n) is 24.5. The summed E-state index contributed by atoms with van der Waals surface area (Å²) in [5.74, 6) is 0. The van der Waals surface area contributed by atoms with Crippen LogP contribution < -0.4 is 0 Å². The lowest BCUT2D eigenvalue weighted by Gasteiger charge is -2.36. The molecule has 3 rings (SSSR count). The lowest BCUT2D eigenvalue weighted by molar-refractivity contribution is -0.147. The fraction of sp³-hybridized carbons (Fsp3) is 0.500. The summed E-state index contributed by atoms with van der Waals surface area (Å²) in [5, 5.41) is -0.0889. The van der Waals surface area contributed by atoms with E-state index in [1.54, 1.807) is 0 Å². The van der Waals surface area contributed by atoms with E-state index in [1.165, 1.54) is 74.2 Å². The second-order valence-corrected chi connectivity index (χ2v) is 12.2. The van der Waals surface area contributed by atoms with Gasteiger partial charge < -0.3 is 9.47 Å². The fourth-order valence-corrected chi connectivity index (χ4v) is 7.14. The topological polar surface area (TPSA) is 18.5 Å². The maximum Gasteiger partial charge on any atom is 0.157 e. The molecular formula is C36H51O2P. The second kappa shape index (κ2) is 19.1. The van der Waals surface area contributed by atoms with E-state index in [2.05, 4.69) is 105 Å². The normalized spacial score (nSPS) is 12.1. The van der Waals surface area contributed by atoms with E-state index >= 15 is 0 Å². The minimum absolute atomic E-state index is 0.00798. The average molecular weight is 547 g/mol. The maximum atomic E-state index is 6.01. The molecule has 0 fully saturated rings. The zero-order chi connectivity index (χ0) is 27.4. The van der Waals surface area contributed by atoms with Crippen LogP contribution in [-0.4, -0.2) is 25.7 Å². The van der Waals surface area contributed by atoms with Crippen molar-refractivity contribution in [1.82, 2.24) is 0 Å². The summed E-state index contributed by atoms with van der Waals surface area (Å²) in [7, 11) is 0.801. The van der Waals surface area contributed by atoms with Gasteiger partial charge in [-0.25, -0.2) is 0 Å². The highest BCUT2D eigenvalue weighted by Gasteiger charge is 2.35. The molecule has 0 aliphatic carbocycles. The van der Waals surface area contributed by atoms with E-state index in [-0.39, 0.29) is 11.4 Å². The van der Waals surface area contributed by atoms with Gasteiger partial charge in [0.2, 0.25) is 0 Å². The molecule has 0 amide bonds. The average Bonchev–Trinajstić information content (AvgIpc) is 2.99. The van der Waals surface area contributed by atoms with Gasteiger partial charge in [-0.2, -0.15) is 0 Å². The highest BCUT2D eigenvalue weighted by molar-refractivity contribution is 7.40. The monoisotopic (exact) mass is 546 g/mol. The molecule has 0 aliphatic heterocycles. The first-order valence-electron chi connectivity index (χ1n) is 15.5. The molecule has 3 aromatic rings. The molecule has 0 spiro atoms. The lowest BCUT2D eigenvalue weighted by atomic mass is 9.84. The van der Waals surface area contributed by atoms with Crippen LogP contribution in [0, 0.1) is 0 Å². The van der Waals surface area contributed by atoms with Crippen LogP contribution in [0.3, 0.4) is 0 Å². The zero-order valence-corrected chi connectivity index (χ0v) is 25.5. The Labute approximate surface area is 240 Å². The minimum Gasteiger partial charge on any atom is -0.353 e. The summed E-state index contributed by atoms with van der Waals surface area (Å²) in [4.78, 5) is 0. The number of ether oxygens (including phenoxy) is 2. The molecule has 0 saturated heterocycles. The van der Waals surface area contributed by atoms with Crippen molar-refractivity contribution in [1.29, 1.82) is 0 Å². The molecule has 212 valence electrons. The molecule has 0 heterocycles. The van der Waals surface area contributed by atoms with Crippen molar-refractivity contribution >= 4 is 8.58 Å². The van der Waals surface area contributed by atoms with Crippen LogP contribution in [0.2, 0.25) is 0 Å². The Balaban J connectivity index is 1.49. The van der Waals surface area contributed by atoms with Crippen LogP contribution in [0.4, 0.5) is 0 Å². The van der Waals surface area contributed by atoms with Gasteiger partial charge in [-0.05, 0) is 55.0 Å². The van der Waals surface area contributed by atoms with Gasteiger partial charge in [0.05, 0.1) is 5.16 Å². The first-order valence-corrected chi connectivity index (χ1v) is 16.7. The highest BCUT2D eigenvalue weighted by atomic mass is 31.1. The number of hydrogen-bond donors (Lipinski definition) is 0. The number of unbranched alkanes of at least 4 members (excludes halogenated alkanes) is 7. The molecule has 2 nitrogen and oxygen atoms in total. The maximum absolute atomic E-state index is 6.01. The van der Waals surface area contributed by atoms with Gasteiger partial charge in [-0.15, -0.1) is 8.58 Å². The molecule has 0 bridgehead atoms. The molecule has 0 saturated carbocycles. The second-order valence-electron chi connectivity index (χ2n) is 10.6. The van der Waals surface area contributed by atoms with Gasteiger partial charge in [0.1, 0.15) is 0 Å². The molecule has 3 aromatic carbocycles. The van der Waals surface area contributed by atoms with Crippen LogP contribution in [-0.2, 0) is 14.6 Å². The largest absolute Gasteiger partial charge is 0.353 e. The van der Waals surface area contributed by atoms with E-state index in [0.717, 1.165) is 41.1 Å². The van der Waals surface area contributed by atoms with E-state index in [9.17, 15) is 0 Å². The van der Waals surface area contributed by atoms with Crippen LogP contribution in [0.15, 0.2) is 91.0 Å². The Morgan fingerprint density at radius 1 is 0.538 bits per heavy atom. The molecule has 3 heteroatoms. The number of hydrogen-bond acceptors (Lipinski definition) is 2. The van der Waals surface area contributed by atoms with Gasteiger partial charge >= 0.3 is 0 Å². The number of benzene rings is 3. The quantitative estimate of drug-likeness (QED) is 0.0573. The Morgan fingerprint density at radius 3 is 1.38 bits per heavy atom. The van der Waals surface area contributed by atoms with E-state index in [4.69, 9.17) is 9.47 Å². The van der Waals surface area contributed by atoms with Crippen LogP contribution in [0.1, 0.15) is 101 Å². The van der Waals surface area contributed by atoms with Gasteiger partial charge in [0, 0.05) is 13.2 Å². The Kier molecular flexibility index (Phi) is 15.5. The van der Waals surface area contributed by atoms with E-state index in [0.29, 0.717) is 0 Å². The summed E-state index contributed by atoms with van der Waals surface area (Å²) in [6.07, 6.45) is 14.5. The Hall–Kier alpha value is -1.99. The van der Waals surface area contributed by atoms with Gasteiger partial charge in [0.25, 0.3) is 0 Å². The highest BCUT2D eigenvalue weighted by Crippen LogP contribution is 2.52. The molecule has 39 heavy (non-hydrogen) atoms. The first kappa shape index (κ1) is 31.5. The molecule has 0 aliphatic rings. The summed E-state index contributed by atoms with van der Waals surface area (Å²) in [6.45, 7) is 6.07. The summed E-state index contributed by atoms with van der Waals surface area (Å²) >= 11 is 0. The number of rotatable bonds is 21.